The van der Waals surface area contributed by atoms with Gasteiger partial charge in [-0.05, 0) is 12.3 Å². The van der Waals surface area contributed by atoms with Crippen LogP contribution in [0.4, 0.5) is 20.2 Å². The van der Waals surface area contributed by atoms with Gasteiger partial charge >= 0.3 is 5.97 Å². The largest absolute Gasteiger partial charge is 0.480 e. The highest BCUT2D eigenvalue weighted by Gasteiger charge is 2.24. The van der Waals surface area contributed by atoms with Crippen LogP contribution in [0.15, 0.2) is 12.1 Å². The first-order valence-electron chi connectivity index (χ1n) is 5.85. The monoisotopic (exact) mass is 288 g/mol. The molecule has 1 rings (SSSR count). The average Bonchev–Trinajstić information content (AvgIpc) is 2.30. The maximum atomic E-state index is 13.6. The molecule has 0 aliphatic carbocycles. The van der Waals surface area contributed by atoms with Crippen molar-refractivity contribution in [3.05, 3.63) is 33.9 Å². The lowest BCUT2D eigenvalue weighted by molar-refractivity contribution is -0.385. The Morgan fingerprint density at radius 1 is 1.40 bits per heavy atom. The molecular weight excluding hydrogens is 274 g/mol. The van der Waals surface area contributed by atoms with Crippen LogP contribution in [0.3, 0.4) is 0 Å². The zero-order chi connectivity index (χ0) is 15.4. The normalized spacial score (nSPS) is 12.2. The van der Waals surface area contributed by atoms with Crippen LogP contribution in [-0.2, 0) is 4.79 Å². The fourth-order valence-electron chi connectivity index (χ4n) is 1.67. The van der Waals surface area contributed by atoms with E-state index in [0.29, 0.717) is 12.1 Å². The number of nitrogens with one attached hydrogen (secondary N) is 1. The first-order chi connectivity index (χ1) is 9.22. The molecule has 0 heterocycles. The minimum absolute atomic E-state index is 0.00669. The summed E-state index contributed by atoms with van der Waals surface area (Å²) in [7, 11) is 0. The van der Waals surface area contributed by atoms with Crippen molar-refractivity contribution in [1.29, 1.82) is 0 Å². The van der Waals surface area contributed by atoms with Crippen molar-refractivity contribution in [2.45, 2.75) is 26.3 Å². The van der Waals surface area contributed by atoms with Gasteiger partial charge in [0.1, 0.15) is 11.7 Å². The van der Waals surface area contributed by atoms with Gasteiger partial charge in [-0.3, -0.25) is 10.1 Å². The summed E-state index contributed by atoms with van der Waals surface area (Å²) in [6, 6.07) is -0.0974. The van der Waals surface area contributed by atoms with Crippen LogP contribution in [0.1, 0.15) is 20.3 Å². The van der Waals surface area contributed by atoms with Crippen LogP contribution >= 0.6 is 0 Å². The fourth-order valence-corrected chi connectivity index (χ4v) is 1.67. The van der Waals surface area contributed by atoms with Crippen LogP contribution in [0.2, 0.25) is 0 Å². The third kappa shape index (κ3) is 3.87. The molecular formula is C12H14F2N2O4. The van der Waals surface area contributed by atoms with E-state index >= 15 is 0 Å². The van der Waals surface area contributed by atoms with Gasteiger partial charge < -0.3 is 10.4 Å². The minimum atomic E-state index is -1.25. The van der Waals surface area contributed by atoms with Gasteiger partial charge in [0, 0.05) is 0 Å². The van der Waals surface area contributed by atoms with Crippen molar-refractivity contribution < 1.29 is 23.6 Å². The summed E-state index contributed by atoms with van der Waals surface area (Å²) in [4.78, 5) is 20.5. The number of aliphatic carboxylic acids is 1. The van der Waals surface area contributed by atoms with Crippen molar-refractivity contribution in [3.8, 4) is 0 Å². The molecule has 1 aromatic carbocycles. The molecule has 0 aromatic heterocycles. The Labute approximate surface area is 113 Å². The van der Waals surface area contributed by atoms with Gasteiger partial charge in [0.05, 0.1) is 17.1 Å². The van der Waals surface area contributed by atoms with Gasteiger partial charge in [-0.25, -0.2) is 13.6 Å². The molecule has 1 unspecified atom stereocenters. The smallest absolute Gasteiger partial charge is 0.326 e. The predicted octanol–water partition coefficient (Wildman–Crippen LogP) is 2.78. The second kappa shape index (κ2) is 6.27. The molecule has 1 aromatic rings. The summed E-state index contributed by atoms with van der Waals surface area (Å²) >= 11 is 0. The van der Waals surface area contributed by atoms with Crippen LogP contribution in [0.25, 0.3) is 0 Å². The molecule has 0 saturated heterocycles. The van der Waals surface area contributed by atoms with E-state index in [1.54, 1.807) is 13.8 Å². The van der Waals surface area contributed by atoms with E-state index in [0.717, 1.165) is 0 Å². The van der Waals surface area contributed by atoms with Gasteiger partial charge in [-0.15, -0.1) is 0 Å². The number of nitrogens with zero attached hydrogens (tertiary/aromatic N) is 1. The number of non-ortho nitro benzene ring substituents is 1. The third-order valence-corrected chi connectivity index (χ3v) is 2.56. The third-order valence-electron chi connectivity index (χ3n) is 2.56. The standard InChI is InChI=1S/C12H14F2N2O4/c1-6(2)3-10(12(17)18)15-11-8(13)4-7(16(19)20)5-9(11)14/h4-6,10,15H,3H2,1-2H3,(H,17,18). The maximum Gasteiger partial charge on any atom is 0.326 e. The Morgan fingerprint density at radius 2 is 1.90 bits per heavy atom. The Bertz CT molecular complexity index is 511. The maximum absolute atomic E-state index is 13.6. The lowest BCUT2D eigenvalue weighted by Gasteiger charge is -2.18. The number of benzene rings is 1. The molecule has 0 aliphatic heterocycles. The Balaban J connectivity index is 3.07. The fraction of sp³-hybridized carbons (Fsp3) is 0.417. The van der Waals surface area contributed by atoms with E-state index in [1.165, 1.54) is 0 Å². The number of carboxylic acid groups (broad SMARTS) is 1. The Morgan fingerprint density at radius 3 is 2.25 bits per heavy atom. The van der Waals surface area contributed by atoms with Crippen LogP contribution in [0, 0.1) is 27.7 Å². The van der Waals surface area contributed by atoms with E-state index in [-0.39, 0.29) is 12.3 Å². The quantitative estimate of drug-likeness (QED) is 0.620. The van der Waals surface area contributed by atoms with E-state index in [4.69, 9.17) is 5.11 Å². The van der Waals surface area contributed by atoms with Gasteiger partial charge in [0.2, 0.25) is 0 Å². The predicted molar refractivity (Wildman–Crippen MR) is 67.5 cm³/mol. The van der Waals surface area contributed by atoms with Crippen molar-refractivity contribution in [3.63, 3.8) is 0 Å². The topological polar surface area (TPSA) is 92.5 Å². The molecule has 1 atom stereocenters. The van der Waals surface area contributed by atoms with E-state index in [1.807, 2.05) is 0 Å². The van der Waals surface area contributed by atoms with Crippen molar-refractivity contribution >= 4 is 17.3 Å². The molecule has 0 aliphatic rings. The van der Waals surface area contributed by atoms with E-state index < -0.39 is 39.9 Å². The lowest BCUT2D eigenvalue weighted by Crippen LogP contribution is -2.31. The van der Waals surface area contributed by atoms with Crippen molar-refractivity contribution in [2.75, 3.05) is 5.32 Å². The molecule has 0 spiro atoms. The molecule has 0 fully saturated rings. The first kappa shape index (κ1) is 15.8. The summed E-state index contributed by atoms with van der Waals surface area (Å²) < 4.78 is 27.3. The van der Waals surface area contributed by atoms with Gasteiger partial charge in [-0.2, -0.15) is 0 Å². The molecule has 8 heteroatoms. The number of rotatable bonds is 6. The number of hydrogen-bond acceptors (Lipinski definition) is 4. The summed E-state index contributed by atoms with van der Waals surface area (Å²) in [6.07, 6.45) is 0.158. The molecule has 2 N–H and O–H groups in total. The summed E-state index contributed by atoms with van der Waals surface area (Å²) in [5, 5.41) is 21.7. The zero-order valence-electron chi connectivity index (χ0n) is 10.9. The summed E-state index contributed by atoms with van der Waals surface area (Å²) in [5.74, 6) is -3.66. The number of carbonyl (C=O) groups is 1. The van der Waals surface area contributed by atoms with Gasteiger partial charge in [0.25, 0.3) is 5.69 Å². The number of carboxylic acids is 1. The first-order valence-corrected chi connectivity index (χ1v) is 5.85. The number of halogens is 2. The van der Waals surface area contributed by atoms with Crippen LogP contribution in [0.5, 0.6) is 0 Å². The Hall–Kier alpha value is -2.25. The van der Waals surface area contributed by atoms with Gasteiger partial charge in [0.15, 0.2) is 11.6 Å². The molecule has 0 amide bonds. The average molecular weight is 288 g/mol. The molecule has 0 saturated carbocycles. The molecule has 0 radical (unpaired) electrons. The SMILES string of the molecule is CC(C)CC(Nc1c(F)cc([N+](=O)[O-])cc1F)C(=O)O. The summed E-state index contributed by atoms with van der Waals surface area (Å²) in [6.45, 7) is 3.53. The van der Waals surface area contributed by atoms with E-state index in [9.17, 15) is 23.7 Å². The molecule has 20 heavy (non-hydrogen) atoms. The second-order valence-electron chi connectivity index (χ2n) is 4.71. The molecule has 6 nitrogen and oxygen atoms in total. The van der Waals surface area contributed by atoms with Crippen molar-refractivity contribution in [1.82, 2.24) is 0 Å². The van der Waals surface area contributed by atoms with E-state index in [2.05, 4.69) is 5.32 Å². The van der Waals surface area contributed by atoms with Crippen molar-refractivity contribution in [2.24, 2.45) is 5.92 Å². The van der Waals surface area contributed by atoms with Crippen LogP contribution < -0.4 is 5.32 Å². The molecule has 110 valence electrons. The summed E-state index contributed by atoms with van der Waals surface area (Å²) in [5.41, 5.74) is -1.41. The minimum Gasteiger partial charge on any atom is -0.480 e. The Kier molecular flexibility index (Phi) is 4.95. The number of nitro benzene ring substituents is 1. The highest BCUT2D eigenvalue weighted by Crippen LogP contribution is 2.26. The van der Waals surface area contributed by atoms with Gasteiger partial charge in [-0.1, -0.05) is 13.8 Å². The zero-order valence-corrected chi connectivity index (χ0v) is 10.9. The number of anilines is 1. The second-order valence-corrected chi connectivity index (χ2v) is 4.71. The number of nitro groups is 1. The highest BCUT2D eigenvalue weighted by atomic mass is 19.1. The van der Waals surface area contributed by atoms with Crippen LogP contribution in [-0.4, -0.2) is 22.0 Å². The lowest BCUT2D eigenvalue weighted by atomic mass is 10.0. The molecule has 0 bridgehead atoms. The highest BCUT2D eigenvalue weighted by molar-refractivity contribution is 5.77. The number of hydrogen-bond donors (Lipinski definition) is 2.